The van der Waals surface area contributed by atoms with Crippen LogP contribution in [0, 0.1) is 5.82 Å². The van der Waals surface area contributed by atoms with Gasteiger partial charge in [-0.05, 0) is 42.5 Å². The zero-order valence-electron chi connectivity index (χ0n) is 15.4. The molecule has 0 saturated carbocycles. The van der Waals surface area contributed by atoms with Crippen molar-refractivity contribution in [3.05, 3.63) is 78.1 Å². The third kappa shape index (κ3) is 3.09. The van der Waals surface area contributed by atoms with Gasteiger partial charge in [-0.1, -0.05) is 24.3 Å². The molecule has 1 aromatic heterocycles. The van der Waals surface area contributed by atoms with Crippen LogP contribution in [-0.4, -0.2) is 22.6 Å². The summed E-state index contributed by atoms with van der Waals surface area (Å²) < 4.78 is 21.2. The molecule has 0 atom stereocenters. The number of hydrogen-bond donors (Lipinski definition) is 1. The van der Waals surface area contributed by atoms with Crippen LogP contribution in [0.4, 0.5) is 10.1 Å². The van der Waals surface area contributed by atoms with Crippen LogP contribution in [0.2, 0.25) is 0 Å². The van der Waals surface area contributed by atoms with E-state index >= 15 is 0 Å². The van der Waals surface area contributed by atoms with Crippen molar-refractivity contribution in [1.82, 2.24) is 9.55 Å². The van der Waals surface area contributed by atoms with Crippen molar-refractivity contribution in [2.24, 2.45) is 7.05 Å². The van der Waals surface area contributed by atoms with Crippen LogP contribution < -0.4 is 10.1 Å². The van der Waals surface area contributed by atoms with Gasteiger partial charge >= 0.3 is 0 Å². The van der Waals surface area contributed by atoms with Gasteiger partial charge in [0, 0.05) is 12.7 Å². The van der Waals surface area contributed by atoms with E-state index in [-0.39, 0.29) is 11.7 Å². The molecule has 0 spiro atoms. The van der Waals surface area contributed by atoms with Crippen molar-refractivity contribution < 1.29 is 13.9 Å². The van der Waals surface area contributed by atoms with Crippen LogP contribution in [0.25, 0.3) is 22.4 Å². The van der Waals surface area contributed by atoms with E-state index in [2.05, 4.69) is 10.3 Å². The number of imidazole rings is 1. The van der Waals surface area contributed by atoms with Crippen molar-refractivity contribution in [1.29, 1.82) is 0 Å². The standard InChI is InChI=1S/C22H18FN3O2/c1-26-19-13-14(24-22(27)16-8-4-6-10-20(16)28-2)11-12-18(19)25-21(26)15-7-3-5-9-17(15)23/h3-13H,1-2H3,(H,24,27). The van der Waals surface area contributed by atoms with Gasteiger partial charge in [-0.3, -0.25) is 4.79 Å². The predicted octanol–water partition coefficient (Wildman–Crippen LogP) is 4.64. The smallest absolute Gasteiger partial charge is 0.259 e. The number of amides is 1. The molecule has 140 valence electrons. The first-order valence-electron chi connectivity index (χ1n) is 8.74. The number of methoxy groups -OCH3 is 1. The summed E-state index contributed by atoms with van der Waals surface area (Å²) in [7, 11) is 3.35. The summed E-state index contributed by atoms with van der Waals surface area (Å²) in [6.45, 7) is 0. The maximum atomic E-state index is 14.2. The Morgan fingerprint density at radius 3 is 2.61 bits per heavy atom. The minimum absolute atomic E-state index is 0.270. The zero-order chi connectivity index (χ0) is 19.7. The Kier molecular flexibility index (Phi) is 4.53. The highest BCUT2D eigenvalue weighted by Crippen LogP contribution is 2.28. The highest BCUT2D eigenvalue weighted by molar-refractivity contribution is 6.06. The first kappa shape index (κ1) is 17.7. The lowest BCUT2D eigenvalue weighted by Gasteiger charge is -2.09. The molecule has 1 amide bonds. The molecule has 0 fully saturated rings. The topological polar surface area (TPSA) is 56.1 Å². The fourth-order valence-corrected chi connectivity index (χ4v) is 3.18. The van der Waals surface area contributed by atoms with Crippen molar-refractivity contribution in [3.8, 4) is 17.1 Å². The first-order valence-corrected chi connectivity index (χ1v) is 8.74. The third-order valence-corrected chi connectivity index (χ3v) is 4.61. The molecule has 4 aromatic rings. The number of aryl methyl sites for hydroxylation is 1. The number of rotatable bonds is 4. The van der Waals surface area contributed by atoms with E-state index in [1.165, 1.54) is 13.2 Å². The maximum absolute atomic E-state index is 14.2. The molecular weight excluding hydrogens is 357 g/mol. The van der Waals surface area contributed by atoms with Gasteiger partial charge in [0.15, 0.2) is 0 Å². The number of halogens is 1. The van der Waals surface area contributed by atoms with Crippen LogP contribution >= 0.6 is 0 Å². The Balaban J connectivity index is 1.70. The quantitative estimate of drug-likeness (QED) is 0.565. The molecule has 0 unspecified atom stereocenters. The number of nitrogens with one attached hydrogen (secondary N) is 1. The molecule has 28 heavy (non-hydrogen) atoms. The predicted molar refractivity (Wildman–Crippen MR) is 107 cm³/mol. The van der Waals surface area contributed by atoms with Crippen LogP contribution in [-0.2, 0) is 7.05 Å². The van der Waals surface area contributed by atoms with Gasteiger partial charge in [0.25, 0.3) is 5.91 Å². The summed E-state index contributed by atoms with van der Waals surface area (Å²) in [5, 5.41) is 2.88. The SMILES string of the molecule is COc1ccccc1C(=O)Nc1ccc2nc(-c3ccccc3F)n(C)c2c1. The van der Waals surface area contributed by atoms with E-state index in [0.29, 0.717) is 28.4 Å². The van der Waals surface area contributed by atoms with E-state index in [9.17, 15) is 9.18 Å². The van der Waals surface area contributed by atoms with Crippen LogP contribution in [0.15, 0.2) is 66.7 Å². The number of anilines is 1. The second-order valence-corrected chi connectivity index (χ2v) is 6.33. The lowest BCUT2D eigenvalue weighted by atomic mass is 10.2. The maximum Gasteiger partial charge on any atom is 0.259 e. The third-order valence-electron chi connectivity index (χ3n) is 4.61. The highest BCUT2D eigenvalue weighted by atomic mass is 19.1. The fourth-order valence-electron chi connectivity index (χ4n) is 3.18. The molecule has 0 aliphatic heterocycles. The number of ether oxygens (including phenoxy) is 1. The van der Waals surface area contributed by atoms with Crippen LogP contribution in [0.1, 0.15) is 10.4 Å². The Bertz CT molecular complexity index is 1180. The van der Waals surface area contributed by atoms with E-state index < -0.39 is 0 Å². The Morgan fingerprint density at radius 1 is 1.07 bits per heavy atom. The second kappa shape index (κ2) is 7.15. The molecule has 0 bridgehead atoms. The van der Waals surface area contributed by atoms with Crippen molar-refractivity contribution in [2.45, 2.75) is 0 Å². The molecule has 6 heteroatoms. The number of hydrogen-bond acceptors (Lipinski definition) is 3. The average Bonchev–Trinajstić information content (AvgIpc) is 3.04. The molecule has 1 N–H and O–H groups in total. The molecule has 0 aliphatic rings. The summed E-state index contributed by atoms with van der Waals surface area (Å²) >= 11 is 0. The number of nitrogens with zero attached hydrogens (tertiary/aromatic N) is 2. The van der Waals surface area contributed by atoms with Gasteiger partial charge in [0.05, 0.1) is 29.3 Å². The van der Waals surface area contributed by atoms with E-state index in [1.807, 2.05) is 23.7 Å². The van der Waals surface area contributed by atoms with E-state index in [4.69, 9.17) is 4.74 Å². The normalized spacial score (nSPS) is 10.8. The lowest BCUT2D eigenvalue weighted by Crippen LogP contribution is -2.13. The number of para-hydroxylation sites is 1. The van der Waals surface area contributed by atoms with Crippen molar-refractivity contribution >= 4 is 22.6 Å². The summed E-state index contributed by atoms with van der Waals surface area (Å²) in [6, 6.07) is 18.9. The molecule has 0 saturated heterocycles. The number of fused-ring (bicyclic) bond motifs is 1. The molecule has 1 heterocycles. The highest BCUT2D eigenvalue weighted by Gasteiger charge is 2.15. The van der Waals surface area contributed by atoms with Gasteiger partial charge in [0.2, 0.25) is 0 Å². The fraction of sp³-hybridized carbons (Fsp3) is 0.0909. The minimum Gasteiger partial charge on any atom is -0.496 e. The first-order chi connectivity index (χ1) is 13.6. The summed E-state index contributed by atoms with van der Waals surface area (Å²) in [5.41, 5.74) is 3.00. The van der Waals surface area contributed by atoms with Crippen LogP contribution in [0.5, 0.6) is 5.75 Å². The zero-order valence-corrected chi connectivity index (χ0v) is 15.4. The van der Waals surface area contributed by atoms with Crippen LogP contribution in [0.3, 0.4) is 0 Å². The Morgan fingerprint density at radius 2 is 1.82 bits per heavy atom. The average molecular weight is 375 g/mol. The summed E-state index contributed by atoms with van der Waals surface area (Å²) in [6.07, 6.45) is 0. The van der Waals surface area contributed by atoms with Gasteiger partial charge in [-0.25, -0.2) is 9.37 Å². The largest absolute Gasteiger partial charge is 0.496 e. The number of carbonyl (C=O) groups excluding carboxylic acids is 1. The minimum atomic E-state index is -0.328. The van der Waals surface area contributed by atoms with Gasteiger partial charge in [0.1, 0.15) is 17.4 Å². The lowest BCUT2D eigenvalue weighted by molar-refractivity contribution is 0.102. The molecule has 4 rings (SSSR count). The van der Waals surface area contributed by atoms with E-state index in [0.717, 1.165) is 11.0 Å². The van der Waals surface area contributed by atoms with Gasteiger partial charge < -0.3 is 14.6 Å². The van der Waals surface area contributed by atoms with Crippen molar-refractivity contribution in [2.75, 3.05) is 12.4 Å². The molecule has 0 radical (unpaired) electrons. The number of aromatic nitrogens is 2. The van der Waals surface area contributed by atoms with Gasteiger partial charge in [-0.2, -0.15) is 0 Å². The molecule has 3 aromatic carbocycles. The van der Waals surface area contributed by atoms with Crippen molar-refractivity contribution in [3.63, 3.8) is 0 Å². The Labute approximate surface area is 161 Å². The molecule has 5 nitrogen and oxygen atoms in total. The Hall–Kier alpha value is -3.67. The second-order valence-electron chi connectivity index (χ2n) is 6.33. The summed E-state index contributed by atoms with van der Waals surface area (Å²) in [4.78, 5) is 17.2. The molecular formula is C22H18FN3O2. The summed E-state index contributed by atoms with van der Waals surface area (Å²) in [5.74, 6) is 0.434. The monoisotopic (exact) mass is 375 g/mol. The molecule has 0 aliphatic carbocycles. The number of benzene rings is 3. The van der Waals surface area contributed by atoms with Gasteiger partial charge in [-0.15, -0.1) is 0 Å². The number of carbonyl (C=O) groups is 1. The van der Waals surface area contributed by atoms with E-state index in [1.54, 1.807) is 48.5 Å².